The molecule has 0 fully saturated rings. The van der Waals surface area contributed by atoms with Crippen LogP contribution >= 0.6 is 12.2 Å². The molecule has 0 bridgehead atoms. The summed E-state index contributed by atoms with van der Waals surface area (Å²) < 4.78 is 15.6. The van der Waals surface area contributed by atoms with Gasteiger partial charge in [0.25, 0.3) is 0 Å². The third kappa shape index (κ3) is 5.07. The van der Waals surface area contributed by atoms with Crippen LogP contribution < -0.4 is 20.1 Å². The Bertz CT molecular complexity index is 536. The number of carbonyl (C=O) groups is 1. The number of unbranched alkanes of at least 4 members (excludes halogenated alkanes) is 2. The molecule has 0 aromatic heterocycles. The molecule has 0 radical (unpaired) electrons. The standard InChI is InChI=1S/C15H20N2O4S/c1-2-3-4-7-19-14(18)9-16-15(22)17-11-5-6-12-13(8-11)21-10-20-12/h5-6,8H,2-4,7,9-10H2,1H3,(H2,16,17,22). The Hall–Kier alpha value is -2.02. The van der Waals surface area contributed by atoms with Gasteiger partial charge < -0.3 is 24.8 Å². The summed E-state index contributed by atoms with van der Waals surface area (Å²) in [6.45, 7) is 2.83. The fourth-order valence-corrected chi connectivity index (χ4v) is 2.08. The molecule has 6 nitrogen and oxygen atoms in total. The molecule has 22 heavy (non-hydrogen) atoms. The molecule has 1 aromatic rings. The third-order valence-corrected chi connectivity index (χ3v) is 3.28. The first-order valence-corrected chi connectivity index (χ1v) is 7.70. The van der Waals surface area contributed by atoms with Crippen molar-refractivity contribution in [3.05, 3.63) is 18.2 Å². The zero-order valence-corrected chi connectivity index (χ0v) is 13.3. The Balaban J connectivity index is 1.68. The van der Waals surface area contributed by atoms with Crippen LogP contribution in [0.3, 0.4) is 0 Å². The summed E-state index contributed by atoms with van der Waals surface area (Å²) in [6.07, 6.45) is 3.05. The van der Waals surface area contributed by atoms with Gasteiger partial charge in [-0.15, -0.1) is 0 Å². The summed E-state index contributed by atoms with van der Waals surface area (Å²) in [5.41, 5.74) is 0.762. The van der Waals surface area contributed by atoms with Crippen molar-refractivity contribution in [2.75, 3.05) is 25.3 Å². The number of thiocarbonyl (C=S) groups is 1. The van der Waals surface area contributed by atoms with Gasteiger partial charge in [-0.3, -0.25) is 4.79 Å². The van der Waals surface area contributed by atoms with Gasteiger partial charge in [0.05, 0.1) is 6.61 Å². The van der Waals surface area contributed by atoms with Gasteiger partial charge in [0.2, 0.25) is 6.79 Å². The van der Waals surface area contributed by atoms with E-state index >= 15 is 0 Å². The van der Waals surface area contributed by atoms with Gasteiger partial charge in [0.1, 0.15) is 6.54 Å². The molecule has 0 saturated carbocycles. The number of ether oxygens (including phenoxy) is 3. The highest BCUT2D eigenvalue weighted by Crippen LogP contribution is 2.34. The number of rotatable bonds is 7. The Morgan fingerprint density at radius 2 is 2.14 bits per heavy atom. The summed E-state index contributed by atoms with van der Waals surface area (Å²) in [5.74, 6) is 1.06. The van der Waals surface area contributed by atoms with Crippen LogP contribution in [0.5, 0.6) is 11.5 Å². The summed E-state index contributed by atoms with van der Waals surface area (Å²) in [4.78, 5) is 11.5. The number of hydrogen-bond acceptors (Lipinski definition) is 5. The molecule has 1 aliphatic heterocycles. The van der Waals surface area contributed by atoms with E-state index in [-0.39, 0.29) is 19.3 Å². The van der Waals surface area contributed by atoms with E-state index in [1.807, 2.05) is 6.07 Å². The van der Waals surface area contributed by atoms with Gasteiger partial charge >= 0.3 is 5.97 Å². The second-order valence-electron chi connectivity index (χ2n) is 4.80. The minimum Gasteiger partial charge on any atom is -0.464 e. The van der Waals surface area contributed by atoms with Crippen LogP contribution in [0.25, 0.3) is 0 Å². The molecule has 120 valence electrons. The quantitative estimate of drug-likeness (QED) is 0.453. The van der Waals surface area contributed by atoms with E-state index in [0.29, 0.717) is 23.2 Å². The molecule has 0 spiro atoms. The van der Waals surface area contributed by atoms with E-state index in [2.05, 4.69) is 17.6 Å². The molecule has 0 saturated heterocycles. The average molecular weight is 324 g/mol. The second kappa shape index (κ2) is 8.43. The lowest BCUT2D eigenvalue weighted by atomic mass is 10.3. The van der Waals surface area contributed by atoms with Crippen molar-refractivity contribution in [1.29, 1.82) is 0 Å². The summed E-state index contributed by atoms with van der Waals surface area (Å²) in [6, 6.07) is 5.42. The molecule has 1 aromatic carbocycles. The fraction of sp³-hybridized carbons (Fsp3) is 0.467. The lowest BCUT2D eigenvalue weighted by Gasteiger charge is -2.10. The first kappa shape index (κ1) is 16.4. The third-order valence-electron chi connectivity index (χ3n) is 3.03. The molecule has 7 heteroatoms. The number of hydrogen-bond donors (Lipinski definition) is 2. The number of anilines is 1. The largest absolute Gasteiger partial charge is 0.464 e. The van der Waals surface area contributed by atoms with Crippen LogP contribution in [0.15, 0.2) is 18.2 Å². The van der Waals surface area contributed by atoms with E-state index in [4.69, 9.17) is 26.4 Å². The number of carbonyl (C=O) groups excluding carboxylic acids is 1. The average Bonchev–Trinajstić information content (AvgIpc) is 2.97. The van der Waals surface area contributed by atoms with Crippen molar-refractivity contribution in [3.63, 3.8) is 0 Å². The highest BCUT2D eigenvalue weighted by atomic mass is 32.1. The van der Waals surface area contributed by atoms with E-state index in [9.17, 15) is 4.79 Å². The van der Waals surface area contributed by atoms with Crippen molar-refractivity contribution in [1.82, 2.24) is 5.32 Å². The molecule has 1 heterocycles. The normalized spacial score (nSPS) is 11.9. The van der Waals surface area contributed by atoms with Crippen molar-refractivity contribution in [2.45, 2.75) is 26.2 Å². The zero-order chi connectivity index (χ0) is 15.8. The Morgan fingerprint density at radius 3 is 2.95 bits per heavy atom. The number of nitrogens with one attached hydrogen (secondary N) is 2. The van der Waals surface area contributed by atoms with Crippen LogP contribution in [-0.2, 0) is 9.53 Å². The minimum absolute atomic E-state index is 0.0442. The smallest absolute Gasteiger partial charge is 0.325 e. The van der Waals surface area contributed by atoms with Crippen molar-refractivity contribution >= 4 is 29.0 Å². The van der Waals surface area contributed by atoms with Gasteiger partial charge in [0.15, 0.2) is 16.6 Å². The maximum absolute atomic E-state index is 11.5. The highest BCUT2D eigenvalue weighted by molar-refractivity contribution is 7.80. The predicted molar refractivity (Wildman–Crippen MR) is 87.3 cm³/mol. The topological polar surface area (TPSA) is 68.8 Å². The molecular weight excluding hydrogens is 304 g/mol. The highest BCUT2D eigenvalue weighted by Gasteiger charge is 2.13. The van der Waals surface area contributed by atoms with E-state index in [0.717, 1.165) is 24.9 Å². The first-order chi connectivity index (χ1) is 10.7. The number of benzene rings is 1. The molecule has 0 aliphatic carbocycles. The van der Waals surface area contributed by atoms with Crippen molar-refractivity contribution in [2.24, 2.45) is 0 Å². The van der Waals surface area contributed by atoms with E-state index < -0.39 is 0 Å². The summed E-state index contributed by atoms with van der Waals surface area (Å²) >= 11 is 5.13. The van der Waals surface area contributed by atoms with Gasteiger partial charge in [-0.1, -0.05) is 19.8 Å². The maximum Gasteiger partial charge on any atom is 0.325 e. The van der Waals surface area contributed by atoms with Crippen LogP contribution in [0.1, 0.15) is 26.2 Å². The summed E-state index contributed by atoms with van der Waals surface area (Å²) in [5, 5.41) is 6.14. The van der Waals surface area contributed by atoms with E-state index in [1.54, 1.807) is 12.1 Å². The van der Waals surface area contributed by atoms with Gasteiger partial charge in [0, 0.05) is 11.8 Å². The zero-order valence-electron chi connectivity index (χ0n) is 12.5. The second-order valence-corrected chi connectivity index (χ2v) is 5.21. The Labute approximate surface area is 135 Å². The SMILES string of the molecule is CCCCCOC(=O)CNC(=S)Nc1ccc2c(c1)OCO2. The molecule has 2 rings (SSSR count). The molecule has 1 aliphatic rings. The number of fused-ring (bicyclic) bond motifs is 1. The van der Waals surface area contributed by atoms with Gasteiger partial charge in [-0.05, 0) is 30.8 Å². The monoisotopic (exact) mass is 324 g/mol. The molecular formula is C15H20N2O4S. The Kier molecular flexibility index (Phi) is 6.27. The predicted octanol–water partition coefficient (Wildman–Crippen LogP) is 2.44. The Morgan fingerprint density at radius 1 is 1.32 bits per heavy atom. The molecule has 2 N–H and O–H groups in total. The van der Waals surface area contributed by atoms with Crippen LogP contribution in [0, 0.1) is 0 Å². The molecule has 0 atom stereocenters. The molecule has 0 amide bonds. The van der Waals surface area contributed by atoms with Crippen molar-refractivity contribution < 1.29 is 19.0 Å². The van der Waals surface area contributed by atoms with Gasteiger partial charge in [-0.25, -0.2) is 0 Å². The van der Waals surface area contributed by atoms with Crippen LogP contribution in [0.2, 0.25) is 0 Å². The van der Waals surface area contributed by atoms with Crippen molar-refractivity contribution in [3.8, 4) is 11.5 Å². The first-order valence-electron chi connectivity index (χ1n) is 7.29. The number of esters is 1. The van der Waals surface area contributed by atoms with Gasteiger partial charge in [-0.2, -0.15) is 0 Å². The van der Waals surface area contributed by atoms with Crippen LogP contribution in [-0.4, -0.2) is 31.0 Å². The lowest BCUT2D eigenvalue weighted by Crippen LogP contribution is -2.34. The molecule has 0 unspecified atom stereocenters. The van der Waals surface area contributed by atoms with E-state index in [1.165, 1.54) is 0 Å². The summed E-state index contributed by atoms with van der Waals surface area (Å²) in [7, 11) is 0. The minimum atomic E-state index is -0.314. The lowest BCUT2D eigenvalue weighted by molar-refractivity contribution is -0.142. The fourth-order valence-electron chi connectivity index (χ4n) is 1.89. The maximum atomic E-state index is 11.5. The van der Waals surface area contributed by atoms with Crippen LogP contribution in [0.4, 0.5) is 5.69 Å².